The summed E-state index contributed by atoms with van der Waals surface area (Å²) in [7, 11) is 0. The molecule has 2 atom stereocenters. The van der Waals surface area contributed by atoms with E-state index in [0.717, 1.165) is 4.90 Å². The van der Waals surface area contributed by atoms with Crippen LogP contribution in [0.2, 0.25) is 0 Å². The zero-order valence-electron chi connectivity index (χ0n) is 15.2. The van der Waals surface area contributed by atoms with E-state index >= 15 is 0 Å². The molecule has 1 aromatic rings. The van der Waals surface area contributed by atoms with E-state index in [2.05, 4.69) is 15.5 Å². The number of β-lactam (4-membered cyclic amide) rings is 1. The predicted octanol–water partition coefficient (Wildman–Crippen LogP) is -1.23. The van der Waals surface area contributed by atoms with Gasteiger partial charge in [0.05, 0.1) is 0 Å². The summed E-state index contributed by atoms with van der Waals surface area (Å²) in [5, 5.41) is 22.9. The molecule has 0 aliphatic carbocycles. The molecular formula is C15H15N5O8SSe. The molecule has 0 aromatic carbocycles. The monoisotopic (exact) mass is 505 g/mol. The fourth-order valence-electron chi connectivity index (χ4n) is 2.72. The number of aromatic nitrogens is 1. The molecular weight excluding hydrogens is 489 g/mol. The van der Waals surface area contributed by atoms with Crippen molar-refractivity contribution in [2.75, 3.05) is 18.1 Å². The summed E-state index contributed by atoms with van der Waals surface area (Å²) in [6.45, 7) is 0.950. The second-order valence-electron chi connectivity index (χ2n) is 5.94. The Morgan fingerprint density at radius 3 is 2.80 bits per heavy atom. The van der Waals surface area contributed by atoms with Gasteiger partial charge in [0.2, 0.25) is 0 Å². The summed E-state index contributed by atoms with van der Waals surface area (Å²) in [4.78, 5) is 53.7. The van der Waals surface area contributed by atoms with Gasteiger partial charge in [0.15, 0.2) is 0 Å². The number of carbonyl (C=O) groups excluding carboxylic acids is 3. The van der Waals surface area contributed by atoms with Crippen molar-refractivity contribution in [2.24, 2.45) is 5.16 Å². The van der Waals surface area contributed by atoms with Crippen LogP contribution in [0.5, 0.6) is 0 Å². The van der Waals surface area contributed by atoms with Gasteiger partial charge in [-0.2, -0.15) is 0 Å². The summed E-state index contributed by atoms with van der Waals surface area (Å²) in [5.74, 6) is -2.11. The number of oxime groups is 1. The van der Waals surface area contributed by atoms with Crippen LogP contribution in [-0.4, -0.2) is 88.1 Å². The van der Waals surface area contributed by atoms with E-state index in [-0.39, 0.29) is 38.4 Å². The van der Waals surface area contributed by atoms with Crippen molar-refractivity contribution < 1.29 is 39.0 Å². The first-order valence-electron chi connectivity index (χ1n) is 8.18. The van der Waals surface area contributed by atoms with Crippen molar-refractivity contribution >= 4 is 60.6 Å². The number of rotatable bonds is 6. The van der Waals surface area contributed by atoms with Gasteiger partial charge < -0.3 is 0 Å². The van der Waals surface area contributed by atoms with E-state index in [9.17, 15) is 24.4 Å². The van der Waals surface area contributed by atoms with E-state index in [0.29, 0.717) is 10.3 Å². The quantitative estimate of drug-likeness (QED) is 0.0905. The maximum absolute atomic E-state index is 12.6. The van der Waals surface area contributed by atoms with Crippen molar-refractivity contribution in [2.45, 2.75) is 18.3 Å². The fourth-order valence-corrected chi connectivity index (χ4v) is 5.17. The van der Waals surface area contributed by atoms with Gasteiger partial charge >= 0.3 is 167 Å². The summed E-state index contributed by atoms with van der Waals surface area (Å²) < 4.78 is 9.92. The number of fused-ring (bicyclic) bond motifs is 1. The van der Waals surface area contributed by atoms with Gasteiger partial charge in [0, 0.05) is 6.92 Å². The Labute approximate surface area is 178 Å². The van der Waals surface area contributed by atoms with Gasteiger partial charge in [0.25, 0.3) is 0 Å². The van der Waals surface area contributed by atoms with Crippen molar-refractivity contribution in [1.29, 1.82) is 0 Å². The number of nitrogens with two attached hydrogens (primary N) is 1. The SMILES string of the molecule is CC(=O)OCC1=C(OC(=O)O)N2C(=O)[C@@H](NC(=O)/C(=N\O)c3c[se]c(N)n3)[C@H]2SC1. The maximum atomic E-state index is 12.6. The number of thioether (sulfide) groups is 1. The second kappa shape index (κ2) is 8.77. The number of hydrogen-bond donors (Lipinski definition) is 4. The van der Waals surface area contributed by atoms with Crippen molar-refractivity contribution in [3.05, 3.63) is 22.1 Å². The van der Waals surface area contributed by atoms with Gasteiger partial charge in [0.1, 0.15) is 0 Å². The molecule has 1 saturated heterocycles. The minimum atomic E-state index is -1.64. The summed E-state index contributed by atoms with van der Waals surface area (Å²) in [5.41, 5.74) is 5.58. The average Bonchev–Trinajstić information content (AvgIpc) is 3.10. The summed E-state index contributed by atoms with van der Waals surface area (Å²) in [6.07, 6.45) is -1.64. The Balaban J connectivity index is 1.76. The number of hydrogen-bond acceptors (Lipinski definition) is 11. The Morgan fingerprint density at radius 2 is 2.23 bits per heavy atom. The van der Waals surface area contributed by atoms with Gasteiger partial charge in [-0.3, -0.25) is 4.79 Å². The van der Waals surface area contributed by atoms with E-state index in [1.807, 2.05) is 0 Å². The van der Waals surface area contributed by atoms with Crippen LogP contribution in [0.4, 0.5) is 9.49 Å². The molecule has 5 N–H and O–H groups in total. The number of nitrogens with one attached hydrogen (secondary N) is 1. The Morgan fingerprint density at radius 1 is 1.50 bits per heavy atom. The molecule has 2 aliphatic heterocycles. The molecule has 30 heavy (non-hydrogen) atoms. The van der Waals surface area contributed by atoms with Crippen molar-refractivity contribution in [3.63, 3.8) is 0 Å². The Bertz CT molecular complexity index is 976. The van der Waals surface area contributed by atoms with Crippen LogP contribution >= 0.6 is 11.8 Å². The molecule has 160 valence electrons. The molecule has 15 heteroatoms. The topological polar surface area (TPSA) is 194 Å². The number of ether oxygens (including phenoxy) is 2. The Hall–Kier alpha value is -3.03. The number of anilines is 1. The van der Waals surface area contributed by atoms with Gasteiger partial charge in [-0.25, -0.2) is 0 Å². The number of nitrogen functional groups attached to an aromatic ring is 1. The standard InChI is InChI=1S/C15H15N5O8SSe/c1-5(21)27-2-6-3-29-13-9(11(23)20(13)12(6)28-15(24)25)18-10(22)8(19-26)7-4-30-14(16)17-7/h4,9,13,26H,2-3H2,1H3,(H2,16,17)(H,18,22)(H,24,25)/b19-8-/t9-,13-/m1/s1. The molecule has 3 rings (SSSR count). The molecule has 1 aromatic heterocycles. The van der Waals surface area contributed by atoms with Crippen LogP contribution < -0.4 is 11.1 Å². The number of carboxylic acid groups (broad SMARTS) is 1. The molecule has 0 spiro atoms. The number of amides is 2. The summed E-state index contributed by atoms with van der Waals surface area (Å²) >= 11 is 0.952. The third-order valence-electron chi connectivity index (χ3n) is 3.99. The second-order valence-corrected chi connectivity index (χ2v) is 8.91. The number of nitrogens with zero attached hydrogens (tertiary/aromatic N) is 3. The van der Waals surface area contributed by atoms with Crippen LogP contribution in [0.1, 0.15) is 12.6 Å². The molecule has 2 aliphatic rings. The van der Waals surface area contributed by atoms with E-state index < -0.39 is 41.1 Å². The summed E-state index contributed by atoms with van der Waals surface area (Å²) in [6, 6.07) is -1.02. The van der Waals surface area contributed by atoms with Gasteiger partial charge in [-0.1, -0.05) is 0 Å². The molecule has 3 heterocycles. The predicted molar refractivity (Wildman–Crippen MR) is 102 cm³/mol. The van der Waals surface area contributed by atoms with Crippen LogP contribution in [0, 0.1) is 0 Å². The van der Waals surface area contributed by atoms with Crippen LogP contribution in [0.25, 0.3) is 0 Å². The van der Waals surface area contributed by atoms with E-state index in [1.165, 1.54) is 18.7 Å². The Kier molecular flexibility index (Phi) is 6.34. The van der Waals surface area contributed by atoms with Crippen molar-refractivity contribution in [3.8, 4) is 0 Å². The molecule has 13 nitrogen and oxygen atoms in total. The molecule has 0 radical (unpaired) electrons. The van der Waals surface area contributed by atoms with Crippen LogP contribution in [0.3, 0.4) is 0 Å². The first-order valence-corrected chi connectivity index (χ1v) is 11.1. The average molecular weight is 504 g/mol. The van der Waals surface area contributed by atoms with Gasteiger partial charge in [-0.15, -0.1) is 0 Å². The molecule has 0 bridgehead atoms. The first-order chi connectivity index (χ1) is 14.2. The third kappa shape index (κ3) is 4.27. The molecule has 2 amide bonds. The van der Waals surface area contributed by atoms with E-state index in [4.69, 9.17) is 20.3 Å². The van der Waals surface area contributed by atoms with Gasteiger partial charge in [-0.05, 0) is 0 Å². The number of carbonyl (C=O) groups is 4. The normalized spacial score (nSPS) is 20.9. The zero-order valence-corrected chi connectivity index (χ0v) is 17.8. The molecule has 0 unspecified atom stereocenters. The fraction of sp³-hybridized carbons (Fsp3) is 0.333. The molecule has 0 saturated carbocycles. The third-order valence-corrected chi connectivity index (χ3v) is 6.75. The zero-order chi connectivity index (χ0) is 22.0. The minimum absolute atomic E-state index is 0.103. The van der Waals surface area contributed by atoms with Crippen molar-refractivity contribution in [1.82, 2.24) is 15.2 Å². The van der Waals surface area contributed by atoms with E-state index in [1.54, 1.807) is 4.94 Å². The van der Waals surface area contributed by atoms with Crippen LogP contribution in [-0.2, 0) is 23.9 Å². The first kappa shape index (κ1) is 21.7. The molecule has 1 fully saturated rings. The van der Waals surface area contributed by atoms with Crippen LogP contribution in [0.15, 0.2) is 21.6 Å². The number of esters is 1.